The van der Waals surface area contributed by atoms with Crippen molar-refractivity contribution in [1.82, 2.24) is 0 Å². The highest BCUT2D eigenvalue weighted by molar-refractivity contribution is 6.31. The predicted molar refractivity (Wildman–Crippen MR) is 65.4 cm³/mol. The second-order valence-electron chi connectivity index (χ2n) is 4.70. The van der Waals surface area contributed by atoms with Gasteiger partial charge in [0.2, 0.25) is 0 Å². The minimum Gasteiger partial charge on any atom is -0.481 e. The molecule has 0 bridgehead atoms. The first kappa shape index (κ1) is 12.4. The molecule has 2 rings (SSSR count). The van der Waals surface area contributed by atoms with Crippen LogP contribution >= 0.6 is 11.6 Å². The fourth-order valence-electron chi connectivity index (χ4n) is 2.30. The van der Waals surface area contributed by atoms with Crippen LogP contribution in [0.25, 0.3) is 0 Å². The smallest absolute Gasteiger partial charge is 0.306 e. The Bertz CT molecular complexity index is 426. The molecule has 0 spiro atoms. The predicted octanol–water partition coefficient (Wildman–Crippen LogP) is 2.72. The van der Waals surface area contributed by atoms with Crippen molar-refractivity contribution in [2.24, 2.45) is 5.92 Å². The Labute approximate surface area is 105 Å². The van der Waals surface area contributed by atoms with E-state index < -0.39 is 11.9 Å². The van der Waals surface area contributed by atoms with Gasteiger partial charge in [0.15, 0.2) is 0 Å². The van der Waals surface area contributed by atoms with Crippen molar-refractivity contribution >= 4 is 17.6 Å². The Hall–Kier alpha value is -1.06. The lowest BCUT2D eigenvalue weighted by molar-refractivity contribution is -0.144. The van der Waals surface area contributed by atoms with Gasteiger partial charge in [0.25, 0.3) is 0 Å². The molecule has 3 nitrogen and oxygen atoms in total. The van der Waals surface area contributed by atoms with Gasteiger partial charge in [0.05, 0.1) is 19.1 Å². The number of ether oxygens (including phenoxy) is 1. The lowest BCUT2D eigenvalue weighted by Crippen LogP contribution is -2.48. The van der Waals surface area contributed by atoms with Gasteiger partial charge in [-0.1, -0.05) is 36.7 Å². The normalized spacial score (nSPS) is 19.4. The monoisotopic (exact) mass is 254 g/mol. The van der Waals surface area contributed by atoms with Crippen molar-refractivity contribution in [3.8, 4) is 0 Å². The maximum absolute atomic E-state index is 11.0. The third kappa shape index (κ3) is 2.31. The van der Waals surface area contributed by atoms with E-state index in [1.165, 1.54) is 0 Å². The third-order valence-corrected chi connectivity index (χ3v) is 3.65. The number of hydrogen-bond acceptors (Lipinski definition) is 2. The standard InChI is InChI=1S/C13H15ClO3/c1-9(12(15)16)6-13(7-17-8-13)10-4-2-3-5-11(10)14/h2-5,9H,6-8H2,1H3,(H,15,16). The first-order valence-corrected chi connectivity index (χ1v) is 5.98. The SMILES string of the molecule is CC(CC1(c2ccccc2Cl)COC1)C(=O)O. The zero-order valence-electron chi connectivity index (χ0n) is 9.65. The second-order valence-corrected chi connectivity index (χ2v) is 5.10. The molecule has 17 heavy (non-hydrogen) atoms. The summed E-state index contributed by atoms with van der Waals surface area (Å²) in [6.07, 6.45) is 0.562. The Morgan fingerprint density at radius 1 is 1.53 bits per heavy atom. The lowest BCUT2D eigenvalue weighted by Gasteiger charge is -2.43. The molecule has 1 aliphatic heterocycles. The van der Waals surface area contributed by atoms with Gasteiger partial charge in [-0.2, -0.15) is 0 Å². The Balaban J connectivity index is 2.26. The summed E-state index contributed by atoms with van der Waals surface area (Å²) >= 11 is 6.18. The minimum absolute atomic E-state index is 0.226. The third-order valence-electron chi connectivity index (χ3n) is 3.32. The zero-order chi connectivity index (χ0) is 12.5. The van der Waals surface area contributed by atoms with Crippen molar-refractivity contribution < 1.29 is 14.6 Å². The molecule has 1 atom stereocenters. The topological polar surface area (TPSA) is 46.5 Å². The zero-order valence-corrected chi connectivity index (χ0v) is 10.4. The van der Waals surface area contributed by atoms with E-state index in [0.717, 1.165) is 5.56 Å². The van der Waals surface area contributed by atoms with Crippen molar-refractivity contribution in [3.05, 3.63) is 34.9 Å². The molecule has 1 fully saturated rings. The van der Waals surface area contributed by atoms with Gasteiger partial charge in [-0.15, -0.1) is 0 Å². The van der Waals surface area contributed by atoms with E-state index in [2.05, 4.69) is 0 Å². The van der Waals surface area contributed by atoms with E-state index in [0.29, 0.717) is 24.7 Å². The highest BCUT2D eigenvalue weighted by Crippen LogP contribution is 2.41. The molecule has 92 valence electrons. The van der Waals surface area contributed by atoms with Gasteiger partial charge in [0.1, 0.15) is 0 Å². The van der Waals surface area contributed by atoms with Crippen LogP contribution in [0.4, 0.5) is 0 Å². The van der Waals surface area contributed by atoms with E-state index in [1.54, 1.807) is 6.92 Å². The summed E-state index contributed by atoms with van der Waals surface area (Å²) < 4.78 is 5.28. The largest absolute Gasteiger partial charge is 0.481 e. The van der Waals surface area contributed by atoms with E-state index in [1.807, 2.05) is 24.3 Å². The summed E-state index contributed by atoms with van der Waals surface area (Å²) in [4.78, 5) is 11.0. The van der Waals surface area contributed by atoms with Crippen LogP contribution in [-0.2, 0) is 14.9 Å². The van der Waals surface area contributed by atoms with E-state index >= 15 is 0 Å². The average molecular weight is 255 g/mol. The van der Waals surface area contributed by atoms with Crippen LogP contribution in [0.2, 0.25) is 5.02 Å². The maximum atomic E-state index is 11.0. The highest BCUT2D eigenvalue weighted by atomic mass is 35.5. The fourth-order valence-corrected chi connectivity index (χ4v) is 2.63. The number of halogens is 1. The maximum Gasteiger partial charge on any atom is 0.306 e. The van der Waals surface area contributed by atoms with Gasteiger partial charge in [-0.3, -0.25) is 4.79 Å². The summed E-state index contributed by atoms with van der Waals surface area (Å²) in [5, 5.41) is 9.70. The molecule has 0 amide bonds. The Morgan fingerprint density at radius 2 is 2.18 bits per heavy atom. The Morgan fingerprint density at radius 3 is 2.65 bits per heavy atom. The number of rotatable bonds is 4. The number of hydrogen-bond donors (Lipinski definition) is 1. The molecule has 1 N–H and O–H groups in total. The highest BCUT2D eigenvalue weighted by Gasteiger charge is 2.43. The number of carboxylic acids is 1. The molecule has 1 aromatic carbocycles. The first-order chi connectivity index (χ1) is 8.05. The average Bonchev–Trinajstić information content (AvgIpc) is 2.24. The fraction of sp³-hybridized carbons (Fsp3) is 0.462. The van der Waals surface area contributed by atoms with E-state index in [4.69, 9.17) is 21.4 Å². The quantitative estimate of drug-likeness (QED) is 0.899. The molecular formula is C13H15ClO3. The molecular weight excluding hydrogens is 240 g/mol. The second kappa shape index (κ2) is 4.67. The number of carboxylic acid groups (broad SMARTS) is 1. The summed E-state index contributed by atoms with van der Waals surface area (Å²) in [6.45, 7) is 2.82. The van der Waals surface area contributed by atoms with Gasteiger partial charge in [0, 0.05) is 10.4 Å². The number of carbonyl (C=O) groups is 1. The summed E-state index contributed by atoms with van der Waals surface area (Å²) in [7, 11) is 0. The van der Waals surface area contributed by atoms with Crippen LogP contribution in [0, 0.1) is 5.92 Å². The molecule has 0 aromatic heterocycles. The first-order valence-electron chi connectivity index (χ1n) is 5.61. The molecule has 1 aromatic rings. The van der Waals surface area contributed by atoms with Crippen molar-refractivity contribution in [1.29, 1.82) is 0 Å². The molecule has 1 heterocycles. The van der Waals surface area contributed by atoms with Gasteiger partial charge >= 0.3 is 5.97 Å². The number of aliphatic carboxylic acids is 1. The Kier molecular flexibility index (Phi) is 3.40. The van der Waals surface area contributed by atoms with Gasteiger partial charge in [-0.25, -0.2) is 0 Å². The van der Waals surface area contributed by atoms with Crippen LogP contribution in [0.1, 0.15) is 18.9 Å². The molecule has 0 aliphatic carbocycles. The molecule has 1 aliphatic rings. The molecule has 4 heteroatoms. The van der Waals surface area contributed by atoms with Crippen molar-refractivity contribution in [2.45, 2.75) is 18.8 Å². The molecule has 1 unspecified atom stereocenters. The number of benzene rings is 1. The van der Waals surface area contributed by atoms with Crippen LogP contribution in [0.5, 0.6) is 0 Å². The molecule has 0 radical (unpaired) electrons. The van der Waals surface area contributed by atoms with E-state index in [9.17, 15) is 4.79 Å². The van der Waals surface area contributed by atoms with Crippen LogP contribution < -0.4 is 0 Å². The molecule has 1 saturated heterocycles. The van der Waals surface area contributed by atoms with Crippen LogP contribution in [0.3, 0.4) is 0 Å². The summed E-state index contributed by atoms with van der Waals surface area (Å²) in [6, 6.07) is 7.59. The summed E-state index contributed by atoms with van der Waals surface area (Å²) in [5.74, 6) is -1.17. The minimum atomic E-state index is -0.775. The lowest BCUT2D eigenvalue weighted by atomic mass is 9.72. The van der Waals surface area contributed by atoms with Crippen LogP contribution in [-0.4, -0.2) is 24.3 Å². The van der Waals surface area contributed by atoms with E-state index in [-0.39, 0.29) is 5.41 Å². The van der Waals surface area contributed by atoms with Crippen molar-refractivity contribution in [3.63, 3.8) is 0 Å². The van der Waals surface area contributed by atoms with Crippen molar-refractivity contribution in [2.75, 3.05) is 13.2 Å². The van der Waals surface area contributed by atoms with Gasteiger partial charge < -0.3 is 9.84 Å². The summed E-state index contributed by atoms with van der Waals surface area (Å²) in [5.41, 5.74) is 0.775. The molecule has 0 saturated carbocycles. The van der Waals surface area contributed by atoms with Gasteiger partial charge in [-0.05, 0) is 18.1 Å². The van der Waals surface area contributed by atoms with Crippen LogP contribution in [0.15, 0.2) is 24.3 Å².